The number of hydrogen-bond donors (Lipinski definition) is 1. The maximum Gasteiger partial charge on any atom is 1.00 e. The van der Waals surface area contributed by atoms with E-state index < -0.39 is 70.5 Å². The van der Waals surface area contributed by atoms with Crippen molar-refractivity contribution in [2.24, 2.45) is 22.7 Å². The standard InChI is InChI=1S/C26H32F6N2O5.C24H33F3N2O4.B.Na.H/c1-15(2)24(22(35)33-12-16-10-17(25(27,28)29)4-5-20(16)39-14-33)8-6-18(11-24)34(23(36)26(30,31)32)19-7-9-38-13-21(19)37-3;1-15(2)23(8-6-18(11-23)28-19-7-9-32-13-21(19)31-3)22(30)29-12-16-10-17(24(25,26)27)4-5-20(16)33-14-29;;;/h4-5,10,15,18-19,21H,6-9,11-14H2,1-3H3;4-5,10,15,18-19,21,28H,6-9,11-14H2,1-3H3;;;/q;;;+1;-1/t18?,19?,21?,24-;18-,19?,21?,23+;;;/m01.../s1. The Morgan fingerprint density at radius 3 is 1.65 bits per heavy atom. The number of amides is 3. The molecule has 4 heterocycles. The van der Waals surface area contributed by atoms with Gasteiger partial charge >= 0.3 is 54.0 Å². The van der Waals surface area contributed by atoms with Crippen LogP contribution in [-0.2, 0) is 58.8 Å². The predicted octanol–water partition coefficient (Wildman–Crippen LogP) is 5.48. The zero-order valence-electron chi connectivity index (χ0n) is 43.9. The third-order valence-electron chi connectivity index (χ3n) is 15.8. The fraction of sp³-hybridized carbons (Fsp3) is 0.700. The second-order valence-electron chi connectivity index (χ2n) is 20.5. The molecule has 24 heteroatoms. The number of fused-ring (bicyclic) bond motifs is 2. The first kappa shape index (κ1) is 61.5. The molecular weight excluding hydrogens is 1010 g/mol. The fourth-order valence-corrected chi connectivity index (χ4v) is 11.6. The number of nitrogens with zero attached hydrogens (tertiary/aromatic N) is 3. The van der Waals surface area contributed by atoms with Crippen LogP contribution < -0.4 is 44.3 Å². The van der Waals surface area contributed by atoms with Gasteiger partial charge in [-0.05, 0) is 99.6 Å². The molecule has 0 bridgehead atoms. The normalized spacial score (nSPS) is 28.1. The van der Waals surface area contributed by atoms with E-state index in [2.05, 4.69) is 5.32 Å². The summed E-state index contributed by atoms with van der Waals surface area (Å²) in [5.74, 6) is -2.04. The Balaban J connectivity index is 0.000000316. The molecule has 0 spiro atoms. The van der Waals surface area contributed by atoms with Gasteiger partial charge in [-0.2, -0.15) is 39.5 Å². The van der Waals surface area contributed by atoms with E-state index in [4.69, 9.17) is 28.4 Å². The summed E-state index contributed by atoms with van der Waals surface area (Å²) in [5.41, 5.74) is -2.73. The van der Waals surface area contributed by atoms with E-state index >= 15 is 0 Å². The molecule has 2 aromatic rings. The van der Waals surface area contributed by atoms with Crippen LogP contribution in [0.1, 0.15) is 103 Å². The van der Waals surface area contributed by atoms with Crippen molar-refractivity contribution in [2.75, 3.05) is 54.1 Å². The molecule has 2 aliphatic carbocycles. The summed E-state index contributed by atoms with van der Waals surface area (Å²) in [6, 6.07) is 5.09. The molecule has 6 aliphatic rings. The van der Waals surface area contributed by atoms with Gasteiger partial charge in [-0.3, -0.25) is 14.4 Å². The third-order valence-corrected chi connectivity index (χ3v) is 15.8. The Bertz CT molecular complexity index is 2270. The molecule has 3 radical (unpaired) electrons. The molecule has 13 nitrogen and oxygen atoms in total. The van der Waals surface area contributed by atoms with Gasteiger partial charge in [-0.1, -0.05) is 27.7 Å². The predicted molar refractivity (Wildman–Crippen MR) is 248 cm³/mol. The van der Waals surface area contributed by atoms with Crippen LogP contribution in [0.2, 0.25) is 0 Å². The van der Waals surface area contributed by atoms with Crippen LogP contribution in [0.4, 0.5) is 39.5 Å². The maximum atomic E-state index is 13.9. The molecule has 74 heavy (non-hydrogen) atoms. The van der Waals surface area contributed by atoms with E-state index in [-0.39, 0.29) is 152 Å². The quantitative estimate of drug-likeness (QED) is 0.242. The molecule has 4 fully saturated rings. The molecule has 4 aliphatic heterocycles. The molecular formula is C50H66BF9N4NaO9. The summed E-state index contributed by atoms with van der Waals surface area (Å²) in [4.78, 5) is 44.1. The first-order valence-corrected chi connectivity index (χ1v) is 24.4. The zero-order valence-corrected chi connectivity index (χ0v) is 44.9. The van der Waals surface area contributed by atoms with Gasteiger partial charge in [0, 0.05) is 65.1 Å². The van der Waals surface area contributed by atoms with Crippen LogP contribution in [-0.4, -0.2) is 137 Å². The zero-order chi connectivity index (χ0) is 52.6. The second kappa shape index (κ2) is 24.6. The van der Waals surface area contributed by atoms with Crippen molar-refractivity contribution in [3.05, 3.63) is 58.7 Å². The van der Waals surface area contributed by atoms with Gasteiger partial charge in [0.2, 0.25) is 11.8 Å². The topological polar surface area (TPSA) is 128 Å². The van der Waals surface area contributed by atoms with Crippen LogP contribution in [0.5, 0.6) is 11.5 Å². The van der Waals surface area contributed by atoms with Crippen molar-refractivity contribution in [1.82, 2.24) is 20.0 Å². The van der Waals surface area contributed by atoms with Gasteiger partial charge < -0.3 is 49.9 Å². The molecule has 5 unspecified atom stereocenters. The Morgan fingerprint density at radius 1 is 0.703 bits per heavy atom. The summed E-state index contributed by atoms with van der Waals surface area (Å²) in [6.07, 6.45) is -11.3. The van der Waals surface area contributed by atoms with Gasteiger partial charge in [0.1, 0.15) is 17.6 Å². The summed E-state index contributed by atoms with van der Waals surface area (Å²) in [7, 11) is 3.03. The van der Waals surface area contributed by atoms with Gasteiger partial charge in [0.25, 0.3) is 0 Å². The van der Waals surface area contributed by atoms with Crippen LogP contribution in [0.3, 0.4) is 0 Å². The van der Waals surface area contributed by atoms with E-state index in [1.54, 1.807) is 25.9 Å². The number of hydrogen-bond acceptors (Lipinski definition) is 10. The van der Waals surface area contributed by atoms with Gasteiger partial charge in [-0.25, -0.2) is 0 Å². The minimum absolute atomic E-state index is 0. The Morgan fingerprint density at radius 2 is 1.18 bits per heavy atom. The van der Waals surface area contributed by atoms with Crippen molar-refractivity contribution < 1.29 is 113 Å². The first-order valence-electron chi connectivity index (χ1n) is 24.4. The minimum Gasteiger partial charge on any atom is -1.00 e. The average Bonchev–Trinajstić information content (AvgIpc) is 3.99. The molecule has 3 amide bonds. The summed E-state index contributed by atoms with van der Waals surface area (Å²) < 4.78 is 154. The molecule has 2 saturated carbocycles. The largest absolute Gasteiger partial charge is 1.00 e. The number of ether oxygens (including phenoxy) is 6. The van der Waals surface area contributed by atoms with Crippen LogP contribution >= 0.6 is 0 Å². The van der Waals surface area contributed by atoms with Crippen molar-refractivity contribution in [3.63, 3.8) is 0 Å². The van der Waals surface area contributed by atoms with E-state index in [1.807, 2.05) is 13.8 Å². The number of carbonyl (C=O) groups excluding carboxylic acids is 3. The third kappa shape index (κ3) is 13.2. The van der Waals surface area contributed by atoms with Crippen molar-refractivity contribution in [2.45, 2.75) is 147 Å². The monoisotopic (exact) mass is 1070 g/mol. The smallest absolute Gasteiger partial charge is 1.00 e. The van der Waals surface area contributed by atoms with Crippen LogP contribution in [0.15, 0.2) is 36.4 Å². The van der Waals surface area contributed by atoms with E-state index in [1.165, 1.54) is 24.1 Å². The molecule has 0 aromatic heterocycles. The number of nitrogens with one attached hydrogen (secondary N) is 1. The van der Waals surface area contributed by atoms with E-state index in [0.717, 1.165) is 48.4 Å². The number of rotatable bonds is 10. The fourth-order valence-electron chi connectivity index (χ4n) is 11.6. The number of halogens is 9. The Hall–Kier alpha value is -3.32. The SMILES string of the molecule is COC1COCCC1N(C(=O)C(F)(F)F)C1CC[C@@](C(=O)N2COc3ccc(C(F)(F)F)cc3C2)(C(C)C)C1.COC1COCCC1N[C@@H]1CC[C@@](C(=O)N2COc3ccc(C(F)(F)F)cc3C2)(C(C)C)C1.[B].[H-].[Na+]. The number of alkyl halides is 9. The van der Waals surface area contributed by atoms with Gasteiger partial charge in [0.15, 0.2) is 13.5 Å². The molecule has 1 N–H and O–H groups in total. The summed E-state index contributed by atoms with van der Waals surface area (Å²) in [6.45, 7) is 8.94. The molecule has 8 atom stereocenters. The molecule has 2 aromatic carbocycles. The van der Waals surface area contributed by atoms with Gasteiger partial charge in [-0.15, -0.1) is 0 Å². The Kier molecular flexibility index (Phi) is 20.4. The molecule has 407 valence electrons. The Labute approximate surface area is 451 Å². The molecule has 8 rings (SSSR count). The number of benzene rings is 2. The van der Waals surface area contributed by atoms with E-state index in [9.17, 15) is 53.9 Å². The average molecular weight is 1070 g/mol. The van der Waals surface area contributed by atoms with Crippen LogP contribution in [0.25, 0.3) is 0 Å². The minimum atomic E-state index is -5.12. The summed E-state index contributed by atoms with van der Waals surface area (Å²) >= 11 is 0. The molecule has 2 saturated heterocycles. The van der Waals surface area contributed by atoms with Crippen LogP contribution in [0, 0.1) is 22.7 Å². The first-order chi connectivity index (χ1) is 33.8. The maximum absolute atomic E-state index is 13.9. The van der Waals surface area contributed by atoms with E-state index in [0.29, 0.717) is 30.9 Å². The number of methoxy groups -OCH3 is 2. The van der Waals surface area contributed by atoms with Crippen molar-refractivity contribution in [3.8, 4) is 11.5 Å². The van der Waals surface area contributed by atoms with Crippen molar-refractivity contribution in [1.29, 1.82) is 0 Å². The number of carbonyl (C=O) groups is 3. The second-order valence-corrected chi connectivity index (χ2v) is 20.5. The summed E-state index contributed by atoms with van der Waals surface area (Å²) in [5, 5.41) is 3.69. The van der Waals surface area contributed by atoms with Crippen molar-refractivity contribution >= 4 is 26.1 Å². The van der Waals surface area contributed by atoms with Gasteiger partial charge in [0.05, 0.1) is 60.4 Å².